The number of nitrogens with one attached hydrogen (secondary N) is 2. The summed E-state index contributed by atoms with van der Waals surface area (Å²) in [6.45, 7) is 1.54. The van der Waals surface area contributed by atoms with Gasteiger partial charge in [0.15, 0.2) is 0 Å². The molecular weight excluding hydrogens is 441 g/mol. The SMILES string of the molecule is CSCC[C@H](NC(C)=O)C(=O)NC[C@H]1Cc2cccc(-c3ccccc3C(F)(F)F)c2O1. The molecule has 0 aliphatic carbocycles. The number of rotatable bonds is 8. The molecule has 2 aromatic carbocycles. The van der Waals surface area contributed by atoms with Gasteiger partial charge < -0.3 is 15.4 Å². The maximum atomic E-state index is 13.5. The van der Waals surface area contributed by atoms with Crippen molar-refractivity contribution in [1.29, 1.82) is 0 Å². The van der Waals surface area contributed by atoms with Crippen LogP contribution in [0, 0.1) is 0 Å². The number of ether oxygens (including phenoxy) is 1. The van der Waals surface area contributed by atoms with E-state index >= 15 is 0 Å². The third-order valence-electron chi connectivity index (χ3n) is 5.16. The summed E-state index contributed by atoms with van der Waals surface area (Å²) in [6, 6.07) is 9.90. The van der Waals surface area contributed by atoms with E-state index in [4.69, 9.17) is 4.74 Å². The predicted octanol–water partition coefficient (Wildman–Crippen LogP) is 4.05. The minimum atomic E-state index is -4.49. The Morgan fingerprint density at radius 2 is 1.88 bits per heavy atom. The Morgan fingerprint density at radius 3 is 2.56 bits per heavy atom. The van der Waals surface area contributed by atoms with E-state index in [2.05, 4.69) is 10.6 Å². The van der Waals surface area contributed by atoms with Gasteiger partial charge in [-0.15, -0.1) is 0 Å². The number of para-hydroxylation sites is 1. The molecule has 2 atom stereocenters. The van der Waals surface area contributed by atoms with Gasteiger partial charge in [0, 0.05) is 18.9 Å². The normalized spacial score (nSPS) is 16.1. The molecule has 0 saturated heterocycles. The van der Waals surface area contributed by atoms with Gasteiger partial charge in [0.05, 0.1) is 12.1 Å². The van der Waals surface area contributed by atoms with Crippen LogP contribution in [0.5, 0.6) is 5.75 Å². The summed E-state index contributed by atoms with van der Waals surface area (Å²) >= 11 is 1.58. The third-order valence-corrected chi connectivity index (χ3v) is 5.80. The number of fused-ring (bicyclic) bond motifs is 1. The van der Waals surface area contributed by atoms with E-state index in [0.29, 0.717) is 29.9 Å². The molecule has 0 radical (unpaired) electrons. The lowest BCUT2D eigenvalue weighted by molar-refractivity contribution is -0.137. The molecule has 2 aromatic rings. The molecule has 0 unspecified atom stereocenters. The lowest BCUT2D eigenvalue weighted by Gasteiger charge is -2.19. The van der Waals surface area contributed by atoms with Crippen molar-refractivity contribution in [2.75, 3.05) is 18.6 Å². The molecule has 1 heterocycles. The van der Waals surface area contributed by atoms with E-state index < -0.39 is 23.9 Å². The number of carbonyl (C=O) groups excluding carboxylic acids is 2. The first-order valence-corrected chi connectivity index (χ1v) is 11.6. The summed E-state index contributed by atoms with van der Waals surface area (Å²) in [5.41, 5.74) is 0.505. The van der Waals surface area contributed by atoms with Crippen LogP contribution in [0.3, 0.4) is 0 Å². The van der Waals surface area contributed by atoms with Crippen molar-refractivity contribution < 1.29 is 27.5 Å². The van der Waals surface area contributed by atoms with E-state index in [1.165, 1.54) is 19.1 Å². The summed E-state index contributed by atoms with van der Waals surface area (Å²) in [4.78, 5) is 23.9. The van der Waals surface area contributed by atoms with Crippen molar-refractivity contribution in [2.45, 2.75) is 38.1 Å². The van der Waals surface area contributed by atoms with E-state index in [9.17, 15) is 22.8 Å². The highest BCUT2D eigenvalue weighted by Crippen LogP contribution is 2.43. The van der Waals surface area contributed by atoms with Crippen LogP contribution in [0.1, 0.15) is 24.5 Å². The van der Waals surface area contributed by atoms with Crippen molar-refractivity contribution in [3.63, 3.8) is 0 Å². The van der Waals surface area contributed by atoms with Crippen molar-refractivity contribution >= 4 is 23.6 Å². The minimum absolute atomic E-state index is 0.0596. The molecule has 172 valence electrons. The van der Waals surface area contributed by atoms with Gasteiger partial charge in [0.25, 0.3) is 0 Å². The lowest BCUT2D eigenvalue weighted by atomic mass is 9.96. The number of carbonyl (C=O) groups is 2. The van der Waals surface area contributed by atoms with Gasteiger partial charge in [0.1, 0.15) is 17.9 Å². The lowest BCUT2D eigenvalue weighted by Crippen LogP contribution is -2.48. The van der Waals surface area contributed by atoms with Gasteiger partial charge >= 0.3 is 6.18 Å². The summed E-state index contributed by atoms with van der Waals surface area (Å²) in [6.07, 6.45) is -2.02. The molecule has 3 rings (SSSR count). The highest BCUT2D eigenvalue weighted by Gasteiger charge is 2.35. The number of hydrogen-bond acceptors (Lipinski definition) is 4. The van der Waals surface area contributed by atoms with E-state index in [1.807, 2.05) is 12.3 Å². The summed E-state index contributed by atoms with van der Waals surface area (Å²) in [7, 11) is 0. The van der Waals surface area contributed by atoms with Crippen LogP contribution in [0.4, 0.5) is 13.2 Å². The van der Waals surface area contributed by atoms with Crippen molar-refractivity contribution in [2.24, 2.45) is 0 Å². The fraction of sp³-hybridized carbons (Fsp3) is 0.391. The second kappa shape index (κ2) is 10.3. The van der Waals surface area contributed by atoms with Crippen LogP contribution in [-0.2, 0) is 22.2 Å². The van der Waals surface area contributed by atoms with Crippen LogP contribution in [0.25, 0.3) is 11.1 Å². The number of halogens is 3. The van der Waals surface area contributed by atoms with E-state index in [1.54, 1.807) is 30.0 Å². The van der Waals surface area contributed by atoms with Crippen molar-refractivity contribution in [1.82, 2.24) is 10.6 Å². The second-order valence-electron chi connectivity index (χ2n) is 7.56. The van der Waals surface area contributed by atoms with Crippen LogP contribution in [0.15, 0.2) is 42.5 Å². The van der Waals surface area contributed by atoms with Gasteiger partial charge in [-0.3, -0.25) is 9.59 Å². The largest absolute Gasteiger partial charge is 0.487 e. The van der Waals surface area contributed by atoms with Crippen LogP contribution >= 0.6 is 11.8 Å². The number of thioether (sulfide) groups is 1. The minimum Gasteiger partial charge on any atom is -0.487 e. The average Bonchev–Trinajstić information content (AvgIpc) is 3.17. The zero-order valence-electron chi connectivity index (χ0n) is 17.8. The van der Waals surface area contributed by atoms with Crippen molar-refractivity contribution in [3.05, 3.63) is 53.6 Å². The molecule has 0 spiro atoms. The Bertz CT molecular complexity index is 981. The zero-order chi connectivity index (χ0) is 23.3. The van der Waals surface area contributed by atoms with Gasteiger partial charge in [-0.05, 0) is 35.6 Å². The molecule has 2 amide bonds. The Morgan fingerprint density at radius 1 is 1.16 bits per heavy atom. The molecule has 2 N–H and O–H groups in total. The highest BCUT2D eigenvalue weighted by atomic mass is 32.2. The smallest absolute Gasteiger partial charge is 0.417 e. The Kier molecular flexibility index (Phi) is 7.71. The fourth-order valence-electron chi connectivity index (χ4n) is 3.72. The molecule has 0 fully saturated rings. The van der Waals surface area contributed by atoms with E-state index in [0.717, 1.165) is 11.6 Å². The highest BCUT2D eigenvalue weighted by molar-refractivity contribution is 7.98. The molecule has 32 heavy (non-hydrogen) atoms. The number of benzene rings is 2. The van der Waals surface area contributed by atoms with Crippen LogP contribution in [0.2, 0.25) is 0 Å². The first kappa shape index (κ1) is 24.0. The molecular formula is C23H25F3N2O3S. The fourth-order valence-corrected chi connectivity index (χ4v) is 4.19. The zero-order valence-corrected chi connectivity index (χ0v) is 18.6. The molecule has 0 bridgehead atoms. The predicted molar refractivity (Wildman–Crippen MR) is 119 cm³/mol. The van der Waals surface area contributed by atoms with Crippen molar-refractivity contribution in [3.8, 4) is 16.9 Å². The maximum Gasteiger partial charge on any atom is 0.417 e. The quantitative estimate of drug-likeness (QED) is 0.616. The second-order valence-corrected chi connectivity index (χ2v) is 8.55. The van der Waals surface area contributed by atoms with Gasteiger partial charge in [-0.2, -0.15) is 24.9 Å². The Balaban J connectivity index is 1.73. The van der Waals surface area contributed by atoms with Gasteiger partial charge in [0.2, 0.25) is 11.8 Å². The number of alkyl halides is 3. The standard InChI is InChI=1S/C23H25F3N2O3S/c1-14(29)28-20(10-11-32-2)22(30)27-13-16-12-15-6-5-8-18(21(15)31-16)17-7-3-4-9-19(17)23(24,25)26/h3-9,16,20H,10-13H2,1-2H3,(H,27,30)(H,28,29)/t16-,20+/m1/s1. The Labute approximate surface area is 189 Å². The Hall–Kier alpha value is -2.68. The maximum absolute atomic E-state index is 13.5. The van der Waals surface area contributed by atoms with Gasteiger partial charge in [-0.1, -0.05) is 36.4 Å². The number of hydrogen-bond donors (Lipinski definition) is 2. The number of amides is 2. The van der Waals surface area contributed by atoms with Crippen LogP contribution < -0.4 is 15.4 Å². The first-order valence-electron chi connectivity index (χ1n) is 10.2. The molecule has 5 nitrogen and oxygen atoms in total. The van der Waals surface area contributed by atoms with Crippen LogP contribution in [-0.4, -0.2) is 42.5 Å². The molecule has 0 saturated carbocycles. The monoisotopic (exact) mass is 466 g/mol. The van der Waals surface area contributed by atoms with E-state index in [-0.39, 0.29) is 23.9 Å². The summed E-state index contributed by atoms with van der Waals surface area (Å²) < 4.78 is 46.5. The molecule has 1 aliphatic rings. The summed E-state index contributed by atoms with van der Waals surface area (Å²) in [5, 5.41) is 5.45. The average molecular weight is 467 g/mol. The summed E-state index contributed by atoms with van der Waals surface area (Å²) in [5.74, 6) is 0.524. The molecule has 9 heteroatoms. The molecule has 1 aliphatic heterocycles. The molecule has 0 aromatic heterocycles. The first-order chi connectivity index (χ1) is 15.2. The van der Waals surface area contributed by atoms with Gasteiger partial charge in [-0.25, -0.2) is 0 Å². The topological polar surface area (TPSA) is 67.4 Å². The third kappa shape index (κ3) is 5.76.